The Labute approximate surface area is 186 Å². The van der Waals surface area contributed by atoms with Crippen LogP contribution in [0.5, 0.6) is 5.75 Å². The topological polar surface area (TPSA) is 66.7 Å². The Bertz CT molecular complexity index is 825. The largest absolute Gasteiger partial charge is 0.496 e. The predicted molar refractivity (Wildman–Crippen MR) is 126 cm³/mol. The molecule has 2 N–H and O–H groups in total. The molecule has 0 radical (unpaired) electrons. The summed E-state index contributed by atoms with van der Waals surface area (Å²) in [7, 11) is 1.75. The summed E-state index contributed by atoms with van der Waals surface area (Å²) in [5, 5.41) is 6.96. The Balaban J connectivity index is 1.73. The fourth-order valence-electron chi connectivity index (χ4n) is 4.17. The molecule has 1 aliphatic heterocycles. The van der Waals surface area contributed by atoms with Crippen LogP contribution in [0.15, 0.2) is 41.7 Å². The molecule has 2 aromatic rings. The minimum absolute atomic E-state index is 0.241. The number of nitrogens with one attached hydrogen (secondary N) is 2. The van der Waals surface area contributed by atoms with Crippen LogP contribution in [0.3, 0.4) is 0 Å². The van der Waals surface area contributed by atoms with E-state index in [9.17, 15) is 0 Å². The maximum Gasteiger partial charge on any atom is 0.191 e. The highest BCUT2D eigenvalue weighted by atomic mass is 16.5. The number of hydrogen-bond acceptors (Lipinski definition) is 4. The number of benzene rings is 1. The summed E-state index contributed by atoms with van der Waals surface area (Å²) in [5.74, 6) is 3.33. The Hall–Kier alpha value is -2.54. The van der Waals surface area contributed by atoms with Gasteiger partial charge < -0.3 is 19.9 Å². The number of aromatic nitrogens is 2. The number of rotatable bonds is 10. The maximum absolute atomic E-state index is 5.67. The van der Waals surface area contributed by atoms with E-state index in [0.717, 1.165) is 50.3 Å². The van der Waals surface area contributed by atoms with Crippen LogP contribution < -0.4 is 15.4 Å². The molecule has 31 heavy (non-hydrogen) atoms. The van der Waals surface area contributed by atoms with Gasteiger partial charge in [0.15, 0.2) is 5.96 Å². The zero-order valence-corrected chi connectivity index (χ0v) is 19.5. The third kappa shape index (κ3) is 6.47. The second kappa shape index (κ2) is 11.7. The SMILES string of the molecule is CCNC(=NCc1nccn1CC(C)C)NCC(c1ccccc1OC)N1CCCC1. The Morgan fingerprint density at radius 3 is 2.68 bits per heavy atom. The normalized spacial score (nSPS) is 16.0. The fourth-order valence-corrected chi connectivity index (χ4v) is 4.17. The smallest absolute Gasteiger partial charge is 0.191 e. The first-order valence-electron chi connectivity index (χ1n) is 11.5. The fraction of sp³-hybridized carbons (Fsp3) is 0.583. The molecule has 170 valence electrons. The number of imidazole rings is 1. The van der Waals surface area contributed by atoms with E-state index in [2.05, 4.69) is 58.0 Å². The van der Waals surface area contributed by atoms with Gasteiger partial charge in [-0.1, -0.05) is 32.0 Å². The number of methoxy groups -OCH3 is 1. The minimum atomic E-state index is 0.241. The van der Waals surface area contributed by atoms with E-state index in [1.165, 1.54) is 18.4 Å². The van der Waals surface area contributed by atoms with Crippen LogP contribution in [0, 0.1) is 5.92 Å². The third-order valence-corrected chi connectivity index (χ3v) is 5.63. The van der Waals surface area contributed by atoms with Gasteiger partial charge in [-0.05, 0) is 44.8 Å². The number of guanidine groups is 1. The first kappa shape index (κ1) is 23.1. The van der Waals surface area contributed by atoms with E-state index in [4.69, 9.17) is 9.73 Å². The number of ether oxygens (including phenoxy) is 1. The molecular formula is C24H38N6O. The van der Waals surface area contributed by atoms with E-state index in [1.807, 2.05) is 24.5 Å². The van der Waals surface area contributed by atoms with Gasteiger partial charge in [0.05, 0.1) is 13.2 Å². The van der Waals surface area contributed by atoms with Gasteiger partial charge in [0, 0.05) is 37.6 Å². The van der Waals surface area contributed by atoms with Gasteiger partial charge in [-0.3, -0.25) is 4.90 Å². The van der Waals surface area contributed by atoms with Gasteiger partial charge >= 0.3 is 0 Å². The summed E-state index contributed by atoms with van der Waals surface area (Å²) in [6.07, 6.45) is 6.39. The molecule has 3 rings (SSSR count). The molecule has 1 fully saturated rings. The molecule has 0 saturated carbocycles. The number of hydrogen-bond donors (Lipinski definition) is 2. The van der Waals surface area contributed by atoms with Gasteiger partial charge in [0.1, 0.15) is 18.1 Å². The van der Waals surface area contributed by atoms with Gasteiger partial charge in [-0.25, -0.2) is 9.98 Å². The second-order valence-electron chi connectivity index (χ2n) is 8.47. The van der Waals surface area contributed by atoms with Crippen molar-refractivity contribution in [2.24, 2.45) is 10.9 Å². The van der Waals surface area contributed by atoms with Crippen LogP contribution in [0.25, 0.3) is 0 Å². The van der Waals surface area contributed by atoms with Crippen molar-refractivity contribution in [2.45, 2.75) is 52.7 Å². The van der Waals surface area contributed by atoms with Crippen molar-refractivity contribution in [2.75, 3.05) is 33.3 Å². The van der Waals surface area contributed by atoms with Crippen LogP contribution >= 0.6 is 0 Å². The highest BCUT2D eigenvalue weighted by Gasteiger charge is 2.26. The average molecular weight is 427 g/mol. The number of aliphatic imine (C=N–C) groups is 1. The van der Waals surface area contributed by atoms with Gasteiger partial charge in [-0.2, -0.15) is 0 Å². The molecule has 1 unspecified atom stereocenters. The van der Waals surface area contributed by atoms with E-state index < -0.39 is 0 Å². The lowest BCUT2D eigenvalue weighted by atomic mass is 10.0. The van der Waals surface area contributed by atoms with Crippen LogP contribution in [-0.4, -0.2) is 53.7 Å². The van der Waals surface area contributed by atoms with Crippen LogP contribution in [0.4, 0.5) is 0 Å². The summed E-state index contributed by atoms with van der Waals surface area (Å²) in [6.45, 7) is 11.9. The molecule has 1 aromatic heterocycles. The van der Waals surface area contributed by atoms with E-state index >= 15 is 0 Å². The highest BCUT2D eigenvalue weighted by molar-refractivity contribution is 5.79. The van der Waals surface area contributed by atoms with Gasteiger partial charge in [0.25, 0.3) is 0 Å². The Kier molecular flexibility index (Phi) is 8.76. The monoisotopic (exact) mass is 426 g/mol. The molecule has 1 aromatic carbocycles. The molecule has 0 spiro atoms. The molecule has 7 nitrogen and oxygen atoms in total. The molecule has 0 amide bonds. The lowest BCUT2D eigenvalue weighted by Gasteiger charge is -2.30. The maximum atomic E-state index is 5.67. The summed E-state index contributed by atoms with van der Waals surface area (Å²) >= 11 is 0. The number of nitrogens with zero attached hydrogens (tertiary/aromatic N) is 4. The van der Waals surface area contributed by atoms with Crippen molar-refractivity contribution in [3.05, 3.63) is 48.0 Å². The molecule has 0 aliphatic carbocycles. The van der Waals surface area contributed by atoms with E-state index in [-0.39, 0.29) is 6.04 Å². The molecule has 0 bridgehead atoms. The second-order valence-corrected chi connectivity index (χ2v) is 8.47. The van der Waals surface area contributed by atoms with Crippen molar-refractivity contribution in [3.8, 4) is 5.75 Å². The standard InChI is InChI=1S/C24H38N6O/c1-5-25-24(28-17-23-26-12-15-30(23)18-19(2)3)27-16-21(29-13-8-9-14-29)20-10-6-7-11-22(20)31-4/h6-7,10-12,15,19,21H,5,8-9,13-14,16-18H2,1-4H3,(H2,25,27,28). The van der Waals surface area contributed by atoms with Crippen LogP contribution in [-0.2, 0) is 13.1 Å². The summed E-state index contributed by atoms with van der Waals surface area (Å²) in [4.78, 5) is 11.9. The van der Waals surface area contributed by atoms with Crippen molar-refractivity contribution in [3.63, 3.8) is 0 Å². The summed E-state index contributed by atoms with van der Waals surface area (Å²) < 4.78 is 7.86. The molecule has 7 heteroatoms. The molecule has 1 atom stereocenters. The third-order valence-electron chi connectivity index (χ3n) is 5.63. The van der Waals surface area contributed by atoms with Crippen molar-refractivity contribution in [1.29, 1.82) is 0 Å². The van der Waals surface area contributed by atoms with Crippen LogP contribution in [0.1, 0.15) is 51.0 Å². The van der Waals surface area contributed by atoms with Crippen molar-refractivity contribution in [1.82, 2.24) is 25.1 Å². The lowest BCUT2D eigenvalue weighted by Crippen LogP contribution is -2.42. The first-order valence-corrected chi connectivity index (χ1v) is 11.5. The van der Waals surface area contributed by atoms with Gasteiger partial charge in [0.2, 0.25) is 0 Å². The molecule has 1 saturated heterocycles. The zero-order valence-electron chi connectivity index (χ0n) is 19.5. The first-order chi connectivity index (χ1) is 15.1. The predicted octanol–water partition coefficient (Wildman–Crippen LogP) is 3.44. The number of likely N-dealkylation sites (tertiary alicyclic amines) is 1. The molecule has 2 heterocycles. The van der Waals surface area contributed by atoms with E-state index in [1.54, 1.807) is 7.11 Å². The number of para-hydroxylation sites is 1. The minimum Gasteiger partial charge on any atom is -0.496 e. The molecular weight excluding hydrogens is 388 g/mol. The summed E-state index contributed by atoms with van der Waals surface area (Å²) in [5.41, 5.74) is 1.22. The van der Waals surface area contributed by atoms with Gasteiger partial charge in [-0.15, -0.1) is 0 Å². The quantitative estimate of drug-likeness (QED) is 0.450. The zero-order chi connectivity index (χ0) is 22.1. The lowest BCUT2D eigenvalue weighted by molar-refractivity contribution is 0.239. The average Bonchev–Trinajstić information content (AvgIpc) is 3.44. The summed E-state index contributed by atoms with van der Waals surface area (Å²) in [6, 6.07) is 8.59. The molecule has 1 aliphatic rings. The van der Waals surface area contributed by atoms with Crippen LogP contribution in [0.2, 0.25) is 0 Å². The Morgan fingerprint density at radius 2 is 1.97 bits per heavy atom. The van der Waals surface area contributed by atoms with Crippen molar-refractivity contribution < 1.29 is 4.74 Å². The Morgan fingerprint density at radius 1 is 1.19 bits per heavy atom. The highest BCUT2D eigenvalue weighted by Crippen LogP contribution is 2.31. The van der Waals surface area contributed by atoms with E-state index in [0.29, 0.717) is 12.5 Å². The van der Waals surface area contributed by atoms with Crippen molar-refractivity contribution >= 4 is 5.96 Å².